The van der Waals surface area contributed by atoms with Crippen LogP contribution >= 0.6 is 0 Å². The molecule has 0 radical (unpaired) electrons. The Bertz CT molecular complexity index is 231. The molecule has 11 heavy (non-hydrogen) atoms. The van der Waals surface area contributed by atoms with Crippen LogP contribution in [0.15, 0.2) is 18.7 Å². The maximum absolute atomic E-state index is 7.47. The van der Waals surface area contributed by atoms with Gasteiger partial charge in [0.25, 0.3) is 0 Å². The molecule has 0 aliphatic rings. The summed E-state index contributed by atoms with van der Waals surface area (Å²) in [7, 11) is 0. The van der Waals surface area contributed by atoms with Crippen molar-refractivity contribution in [2.24, 2.45) is 5.73 Å². The third kappa shape index (κ3) is 2.09. The van der Waals surface area contributed by atoms with E-state index in [-0.39, 0.29) is 0 Å². The first kappa shape index (κ1) is 7.81. The van der Waals surface area contributed by atoms with Gasteiger partial charge in [-0.3, -0.25) is 0 Å². The summed E-state index contributed by atoms with van der Waals surface area (Å²) in [6.45, 7) is 0.494. The van der Waals surface area contributed by atoms with Gasteiger partial charge < -0.3 is 11.1 Å². The molecule has 58 valence electrons. The average molecular weight is 150 g/mol. The molecule has 0 saturated carbocycles. The molecule has 0 amide bonds. The monoisotopic (exact) mass is 150 g/mol. The Kier molecular flexibility index (Phi) is 2.68. The van der Waals surface area contributed by atoms with E-state index in [1.165, 1.54) is 6.33 Å². The molecular formula is C7H10N4. The summed E-state index contributed by atoms with van der Waals surface area (Å²) in [5, 5.41) is 7.47. The Hall–Kier alpha value is -1.29. The minimum atomic E-state index is 0.494. The standard InChI is InChI=1S/C7H10N4/c8-2-1-7(9)6-3-10-5-11-4-6/h3-5,9H,1-2,8H2. The Morgan fingerprint density at radius 3 is 2.64 bits per heavy atom. The molecule has 1 aromatic rings. The molecule has 1 rings (SSSR count). The quantitative estimate of drug-likeness (QED) is 0.604. The summed E-state index contributed by atoms with van der Waals surface area (Å²) in [6, 6.07) is 0. The molecule has 0 fully saturated rings. The van der Waals surface area contributed by atoms with Gasteiger partial charge >= 0.3 is 0 Å². The highest BCUT2D eigenvalue weighted by Gasteiger charge is 1.98. The summed E-state index contributed by atoms with van der Waals surface area (Å²) in [6.07, 6.45) is 5.25. The molecule has 0 spiro atoms. The second-order valence-corrected chi connectivity index (χ2v) is 2.14. The molecule has 0 aliphatic heterocycles. The Labute approximate surface area is 65.0 Å². The van der Waals surface area contributed by atoms with Crippen molar-refractivity contribution in [1.29, 1.82) is 5.41 Å². The summed E-state index contributed by atoms with van der Waals surface area (Å²) in [5.41, 5.74) is 6.53. The van der Waals surface area contributed by atoms with Crippen LogP contribution in [0, 0.1) is 5.41 Å². The molecule has 1 heterocycles. The number of nitrogens with two attached hydrogens (primary N) is 1. The van der Waals surface area contributed by atoms with E-state index in [1.54, 1.807) is 12.4 Å². The molecule has 0 unspecified atom stereocenters. The zero-order valence-electron chi connectivity index (χ0n) is 6.12. The summed E-state index contributed by atoms with van der Waals surface area (Å²) >= 11 is 0. The van der Waals surface area contributed by atoms with Crippen LogP contribution in [-0.4, -0.2) is 22.2 Å². The Morgan fingerprint density at radius 2 is 2.09 bits per heavy atom. The second kappa shape index (κ2) is 3.78. The zero-order chi connectivity index (χ0) is 8.10. The van der Waals surface area contributed by atoms with Crippen LogP contribution < -0.4 is 5.73 Å². The number of nitrogens with zero attached hydrogens (tertiary/aromatic N) is 2. The third-order valence-electron chi connectivity index (χ3n) is 1.30. The van der Waals surface area contributed by atoms with E-state index in [0.29, 0.717) is 18.7 Å². The maximum atomic E-state index is 7.47. The predicted octanol–water partition coefficient (Wildman–Crippen LogP) is 0.193. The molecule has 0 bridgehead atoms. The van der Waals surface area contributed by atoms with Gasteiger partial charge in [-0.15, -0.1) is 0 Å². The fourth-order valence-corrected chi connectivity index (χ4v) is 0.744. The van der Waals surface area contributed by atoms with Crippen molar-refractivity contribution in [3.63, 3.8) is 0 Å². The first-order chi connectivity index (χ1) is 5.34. The van der Waals surface area contributed by atoms with E-state index in [0.717, 1.165) is 5.56 Å². The lowest BCUT2D eigenvalue weighted by atomic mass is 10.1. The number of aromatic nitrogens is 2. The molecule has 4 heteroatoms. The number of rotatable bonds is 3. The highest BCUT2D eigenvalue weighted by Crippen LogP contribution is 1.96. The van der Waals surface area contributed by atoms with E-state index in [1.807, 2.05) is 0 Å². The van der Waals surface area contributed by atoms with Gasteiger partial charge in [-0.1, -0.05) is 0 Å². The molecule has 0 aromatic carbocycles. The van der Waals surface area contributed by atoms with Crippen molar-refractivity contribution < 1.29 is 0 Å². The highest BCUT2D eigenvalue weighted by atomic mass is 14.8. The van der Waals surface area contributed by atoms with Crippen molar-refractivity contribution >= 4 is 5.71 Å². The van der Waals surface area contributed by atoms with Gasteiger partial charge in [0.05, 0.1) is 0 Å². The summed E-state index contributed by atoms with van der Waals surface area (Å²) in [4.78, 5) is 7.59. The first-order valence-electron chi connectivity index (χ1n) is 3.37. The lowest BCUT2D eigenvalue weighted by Crippen LogP contribution is -2.08. The van der Waals surface area contributed by atoms with Gasteiger partial charge in [-0.25, -0.2) is 9.97 Å². The number of hydrogen-bond acceptors (Lipinski definition) is 4. The molecule has 3 N–H and O–H groups in total. The van der Waals surface area contributed by atoms with Crippen LogP contribution in [-0.2, 0) is 0 Å². The fraction of sp³-hybridized carbons (Fsp3) is 0.286. The van der Waals surface area contributed by atoms with Gasteiger partial charge in [0.15, 0.2) is 0 Å². The maximum Gasteiger partial charge on any atom is 0.115 e. The van der Waals surface area contributed by atoms with Crippen LogP contribution in [0.2, 0.25) is 0 Å². The van der Waals surface area contributed by atoms with Crippen LogP contribution in [0.3, 0.4) is 0 Å². The lowest BCUT2D eigenvalue weighted by Gasteiger charge is -1.98. The molecule has 0 atom stereocenters. The number of hydrogen-bond donors (Lipinski definition) is 2. The third-order valence-corrected chi connectivity index (χ3v) is 1.30. The predicted molar refractivity (Wildman–Crippen MR) is 42.5 cm³/mol. The normalized spacial score (nSPS) is 9.55. The van der Waals surface area contributed by atoms with Gasteiger partial charge in [0.2, 0.25) is 0 Å². The van der Waals surface area contributed by atoms with Crippen molar-refractivity contribution in [1.82, 2.24) is 9.97 Å². The first-order valence-corrected chi connectivity index (χ1v) is 3.37. The van der Waals surface area contributed by atoms with Crippen molar-refractivity contribution in [3.8, 4) is 0 Å². The molecule has 4 nitrogen and oxygen atoms in total. The van der Waals surface area contributed by atoms with Crippen molar-refractivity contribution in [2.75, 3.05) is 6.54 Å². The fourth-order valence-electron chi connectivity index (χ4n) is 0.744. The minimum absolute atomic E-state index is 0.494. The van der Waals surface area contributed by atoms with Crippen LogP contribution in [0.5, 0.6) is 0 Å². The van der Waals surface area contributed by atoms with Gasteiger partial charge in [-0.2, -0.15) is 0 Å². The second-order valence-electron chi connectivity index (χ2n) is 2.14. The van der Waals surface area contributed by atoms with Gasteiger partial charge in [0.1, 0.15) is 6.33 Å². The van der Waals surface area contributed by atoms with Gasteiger partial charge in [0, 0.05) is 30.1 Å². The van der Waals surface area contributed by atoms with Crippen LogP contribution in [0.4, 0.5) is 0 Å². The molecule has 0 saturated heterocycles. The van der Waals surface area contributed by atoms with Crippen LogP contribution in [0.25, 0.3) is 0 Å². The number of nitrogens with one attached hydrogen (secondary N) is 1. The van der Waals surface area contributed by atoms with Crippen molar-refractivity contribution in [3.05, 3.63) is 24.3 Å². The Balaban J connectivity index is 2.69. The van der Waals surface area contributed by atoms with Gasteiger partial charge in [-0.05, 0) is 6.54 Å². The molecule has 1 aromatic heterocycles. The summed E-state index contributed by atoms with van der Waals surface area (Å²) in [5.74, 6) is 0. The van der Waals surface area contributed by atoms with Crippen LogP contribution in [0.1, 0.15) is 12.0 Å². The van der Waals surface area contributed by atoms with E-state index in [9.17, 15) is 0 Å². The van der Waals surface area contributed by atoms with E-state index in [2.05, 4.69) is 9.97 Å². The topological polar surface area (TPSA) is 75.7 Å². The highest BCUT2D eigenvalue weighted by molar-refractivity contribution is 5.97. The SMILES string of the molecule is N=C(CCN)c1cncnc1. The molecule has 0 aliphatic carbocycles. The zero-order valence-corrected chi connectivity index (χ0v) is 6.12. The average Bonchev–Trinajstić information content (AvgIpc) is 2.07. The van der Waals surface area contributed by atoms with Crippen molar-refractivity contribution in [2.45, 2.75) is 6.42 Å². The lowest BCUT2D eigenvalue weighted by molar-refractivity contribution is 1.03. The van der Waals surface area contributed by atoms with E-state index < -0.39 is 0 Å². The van der Waals surface area contributed by atoms with E-state index >= 15 is 0 Å². The van der Waals surface area contributed by atoms with E-state index in [4.69, 9.17) is 11.1 Å². The molecular weight excluding hydrogens is 140 g/mol. The summed E-state index contributed by atoms with van der Waals surface area (Å²) < 4.78 is 0. The minimum Gasteiger partial charge on any atom is -0.330 e. The Morgan fingerprint density at radius 1 is 1.45 bits per heavy atom. The smallest absolute Gasteiger partial charge is 0.115 e. The largest absolute Gasteiger partial charge is 0.330 e.